The summed E-state index contributed by atoms with van der Waals surface area (Å²) in [5.74, 6) is 0. The number of ether oxygens (including phenoxy) is 1. The number of thiophene rings is 1. The molecule has 98 valence electrons. The Morgan fingerprint density at radius 3 is 2.82 bits per heavy atom. The highest BCUT2D eigenvalue weighted by Gasteiger charge is 2.13. The maximum atomic E-state index is 5.41. The standard InChI is InChI=1S/C14H25NOS/c1-4-9-15-13(7-6-10-16-5-2)14-12(3)8-11-17-14/h8,11,13,15H,4-7,9-10H2,1-3H3. The van der Waals surface area contributed by atoms with Crippen LogP contribution in [0.1, 0.15) is 49.6 Å². The third-order valence-electron chi connectivity index (χ3n) is 2.84. The summed E-state index contributed by atoms with van der Waals surface area (Å²) in [6.07, 6.45) is 3.49. The molecule has 0 saturated carbocycles. The first kappa shape index (κ1) is 14.7. The van der Waals surface area contributed by atoms with Crippen LogP contribution in [0, 0.1) is 6.92 Å². The fourth-order valence-electron chi connectivity index (χ4n) is 1.92. The molecule has 0 bridgehead atoms. The van der Waals surface area contributed by atoms with Gasteiger partial charge in [-0.25, -0.2) is 0 Å². The van der Waals surface area contributed by atoms with Crippen LogP contribution in [-0.2, 0) is 4.74 Å². The first-order valence-electron chi connectivity index (χ1n) is 6.64. The summed E-state index contributed by atoms with van der Waals surface area (Å²) >= 11 is 1.87. The highest BCUT2D eigenvalue weighted by atomic mass is 32.1. The summed E-state index contributed by atoms with van der Waals surface area (Å²) < 4.78 is 5.41. The number of nitrogens with one attached hydrogen (secondary N) is 1. The van der Waals surface area contributed by atoms with Crippen molar-refractivity contribution in [2.45, 2.75) is 46.1 Å². The van der Waals surface area contributed by atoms with Crippen LogP contribution in [0.15, 0.2) is 11.4 Å². The van der Waals surface area contributed by atoms with E-state index in [-0.39, 0.29) is 0 Å². The molecule has 1 rings (SSSR count). The summed E-state index contributed by atoms with van der Waals surface area (Å²) in [5, 5.41) is 5.83. The lowest BCUT2D eigenvalue weighted by atomic mass is 10.1. The highest BCUT2D eigenvalue weighted by Crippen LogP contribution is 2.27. The number of hydrogen-bond acceptors (Lipinski definition) is 3. The van der Waals surface area contributed by atoms with Crippen molar-refractivity contribution in [1.29, 1.82) is 0 Å². The Labute approximate surface area is 109 Å². The van der Waals surface area contributed by atoms with E-state index in [2.05, 4.69) is 37.5 Å². The minimum absolute atomic E-state index is 0.510. The van der Waals surface area contributed by atoms with Crippen molar-refractivity contribution >= 4 is 11.3 Å². The minimum Gasteiger partial charge on any atom is -0.382 e. The molecule has 0 aliphatic heterocycles. The molecule has 0 fully saturated rings. The van der Waals surface area contributed by atoms with Gasteiger partial charge in [-0.1, -0.05) is 6.92 Å². The maximum Gasteiger partial charge on any atom is 0.0466 e. The average molecular weight is 255 g/mol. The average Bonchev–Trinajstić information content (AvgIpc) is 2.75. The normalized spacial score (nSPS) is 12.9. The van der Waals surface area contributed by atoms with Gasteiger partial charge in [0.05, 0.1) is 0 Å². The second kappa shape index (κ2) is 8.67. The molecule has 1 unspecified atom stereocenters. The van der Waals surface area contributed by atoms with Crippen LogP contribution < -0.4 is 5.32 Å². The second-order valence-corrected chi connectivity index (χ2v) is 5.26. The summed E-state index contributed by atoms with van der Waals surface area (Å²) in [4.78, 5) is 1.50. The predicted octanol–water partition coefficient (Wildman–Crippen LogP) is 3.91. The number of hydrogen-bond donors (Lipinski definition) is 1. The van der Waals surface area contributed by atoms with E-state index in [1.807, 2.05) is 11.3 Å². The van der Waals surface area contributed by atoms with Crippen LogP contribution >= 0.6 is 11.3 Å². The molecule has 17 heavy (non-hydrogen) atoms. The first-order valence-corrected chi connectivity index (χ1v) is 7.52. The van der Waals surface area contributed by atoms with Crippen molar-refractivity contribution in [1.82, 2.24) is 5.32 Å². The third-order valence-corrected chi connectivity index (χ3v) is 3.98. The molecule has 0 amide bonds. The molecule has 0 saturated heterocycles. The molecule has 1 atom stereocenters. The molecule has 3 heteroatoms. The Morgan fingerprint density at radius 2 is 2.24 bits per heavy atom. The van der Waals surface area contributed by atoms with Crippen LogP contribution in [0.5, 0.6) is 0 Å². The van der Waals surface area contributed by atoms with Gasteiger partial charge in [-0.3, -0.25) is 0 Å². The summed E-state index contributed by atoms with van der Waals surface area (Å²) in [6.45, 7) is 9.27. The Kier molecular flexibility index (Phi) is 7.49. The Hall–Kier alpha value is -0.380. The van der Waals surface area contributed by atoms with Gasteiger partial charge < -0.3 is 10.1 Å². The topological polar surface area (TPSA) is 21.3 Å². The number of aryl methyl sites for hydroxylation is 1. The minimum atomic E-state index is 0.510. The summed E-state index contributed by atoms with van der Waals surface area (Å²) in [5.41, 5.74) is 1.42. The number of rotatable bonds is 9. The summed E-state index contributed by atoms with van der Waals surface area (Å²) in [6, 6.07) is 2.72. The molecule has 1 aromatic heterocycles. The molecule has 0 aromatic carbocycles. The van der Waals surface area contributed by atoms with E-state index >= 15 is 0 Å². The zero-order chi connectivity index (χ0) is 12.5. The Morgan fingerprint density at radius 1 is 1.41 bits per heavy atom. The lowest BCUT2D eigenvalue weighted by Gasteiger charge is -2.18. The first-order chi connectivity index (χ1) is 8.29. The quantitative estimate of drug-likeness (QED) is 0.675. The molecular weight excluding hydrogens is 230 g/mol. The van der Waals surface area contributed by atoms with Crippen molar-refractivity contribution in [2.75, 3.05) is 19.8 Å². The van der Waals surface area contributed by atoms with Crippen molar-refractivity contribution in [3.63, 3.8) is 0 Å². The van der Waals surface area contributed by atoms with E-state index in [9.17, 15) is 0 Å². The highest BCUT2D eigenvalue weighted by molar-refractivity contribution is 7.10. The van der Waals surface area contributed by atoms with Gasteiger partial charge >= 0.3 is 0 Å². The maximum absolute atomic E-state index is 5.41. The van der Waals surface area contributed by atoms with E-state index in [0.29, 0.717) is 6.04 Å². The molecule has 0 aliphatic carbocycles. The fraction of sp³-hybridized carbons (Fsp3) is 0.714. The largest absolute Gasteiger partial charge is 0.382 e. The fourth-order valence-corrected chi connectivity index (χ4v) is 2.96. The van der Waals surface area contributed by atoms with Crippen molar-refractivity contribution in [2.24, 2.45) is 0 Å². The van der Waals surface area contributed by atoms with E-state index in [1.165, 1.54) is 23.3 Å². The molecule has 0 aliphatic rings. The molecule has 2 nitrogen and oxygen atoms in total. The van der Waals surface area contributed by atoms with Crippen LogP contribution in [0.2, 0.25) is 0 Å². The van der Waals surface area contributed by atoms with Gasteiger partial charge in [-0.05, 0) is 56.7 Å². The van der Waals surface area contributed by atoms with Crippen LogP contribution in [-0.4, -0.2) is 19.8 Å². The van der Waals surface area contributed by atoms with Gasteiger partial charge in [-0.15, -0.1) is 11.3 Å². The van der Waals surface area contributed by atoms with E-state index in [1.54, 1.807) is 0 Å². The van der Waals surface area contributed by atoms with Crippen LogP contribution in [0.25, 0.3) is 0 Å². The molecular formula is C14H25NOS. The van der Waals surface area contributed by atoms with Gasteiger partial charge in [0.25, 0.3) is 0 Å². The SMILES string of the molecule is CCCNC(CCCOCC)c1sccc1C. The molecule has 1 N–H and O–H groups in total. The predicted molar refractivity (Wildman–Crippen MR) is 75.8 cm³/mol. The van der Waals surface area contributed by atoms with Crippen molar-refractivity contribution in [3.8, 4) is 0 Å². The smallest absolute Gasteiger partial charge is 0.0466 e. The molecule has 1 aromatic rings. The molecule has 1 heterocycles. The van der Waals surface area contributed by atoms with Crippen molar-refractivity contribution < 1.29 is 4.74 Å². The van der Waals surface area contributed by atoms with Crippen LogP contribution in [0.4, 0.5) is 0 Å². The van der Waals surface area contributed by atoms with Crippen LogP contribution in [0.3, 0.4) is 0 Å². The third kappa shape index (κ3) is 5.19. The van der Waals surface area contributed by atoms with E-state index < -0.39 is 0 Å². The summed E-state index contributed by atoms with van der Waals surface area (Å²) in [7, 11) is 0. The Balaban J connectivity index is 2.46. The van der Waals surface area contributed by atoms with Gasteiger partial charge in [0, 0.05) is 24.1 Å². The zero-order valence-corrected chi connectivity index (χ0v) is 12.1. The zero-order valence-electron chi connectivity index (χ0n) is 11.3. The molecule has 0 spiro atoms. The molecule has 0 radical (unpaired) electrons. The lowest BCUT2D eigenvalue weighted by molar-refractivity contribution is 0.141. The second-order valence-electron chi connectivity index (χ2n) is 4.31. The van der Waals surface area contributed by atoms with E-state index in [0.717, 1.165) is 26.2 Å². The van der Waals surface area contributed by atoms with Crippen molar-refractivity contribution in [3.05, 3.63) is 21.9 Å². The van der Waals surface area contributed by atoms with E-state index in [4.69, 9.17) is 4.74 Å². The lowest BCUT2D eigenvalue weighted by Crippen LogP contribution is -2.22. The van der Waals surface area contributed by atoms with Gasteiger partial charge in [0.2, 0.25) is 0 Å². The Bertz CT molecular complexity index is 298. The van der Waals surface area contributed by atoms with Gasteiger partial charge in [0.15, 0.2) is 0 Å². The monoisotopic (exact) mass is 255 g/mol. The van der Waals surface area contributed by atoms with Gasteiger partial charge in [0.1, 0.15) is 0 Å². The van der Waals surface area contributed by atoms with Gasteiger partial charge in [-0.2, -0.15) is 0 Å².